The number of primary amides is 1. The molecule has 7 heteroatoms. The van der Waals surface area contributed by atoms with Crippen molar-refractivity contribution in [3.8, 4) is 5.75 Å². The van der Waals surface area contributed by atoms with Crippen molar-refractivity contribution < 1.29 is 30.0 Å². The van der Waals surface area contributed by atoms with Crippen molar-refractivity contribution in [3.05, 3.63) is 46.2 Å². The van der Waals surface area contributed by atoms with Gasteiger partial charge in [-0.1, -0.05) is 12.1 Å². The summed E-state index contributed by atoms with van der Waals surface area (Å²) in [4.78, 5) is 24.8. The molecule has 1 amide bonds. The molecule has 0 bridgehead atoms. The Balaban J connectivity index is 1.87. The number of rotatable bonds is 1. The Morgan fingerprint density at radius 2 is 1.93 bits per heavy atom. The predicted octanol–water partition coefficient (Wildman–Crippen LogP) is 1.79. The molecule has 4 atom stereocenters. The SMILES string of the molecule is C[C@@]1(O)c2cccc(O)c2C(O)=C2C(=O)C3CC(C(N)=O)=C(O)CC3C[C@@H]21. The fourth-order valence-electron chi connectivity index (χ4n) is 4.93. The molecule has 1 fully saturated rings. The van der Waals surface area contributed by atoms with Gasteiger partial charge in [-0.25, -0.2) is 0 Å². The molecule has 3 aliphatic carbocycles. The van der Waals surface area contributed by atoms with E-state index in [1.807, 2.05) is 0 Å². The number of aromatic hydroxyl groups is 1. The average Bonchev–Trinajstić information content (AvgIpc) is 2.59. The van der Waals surface area contributed by atoms with Gasteiger partial charge in [0.1, 0.15) is 17.3 Å². The summed E-state index contributed by atoms with van der Waals surface area (Å²) in [6, 6.07) is 4.57. The van der Waals surface area contributed by atoms with Crippen LogP contribution in [0.2, 0.25) is 0 Å². The van der Waals surface area contributed by atoms with Crippen molar-refractivity contribution >= 4 is 17.4 Å². The third kappa shape index (κ3) is 2.31. The van der Waals surface area contributed by atoms with Crippen molar-refractivity contribution in [2.75, 3.05) is 0 Å². The lowest BCUT2D eigenvalue weighted by atomic mass is 9.57. The van der Waals surface area contributed by atoms with Crippen LogP contribution < -0.4 is 5.73 Å². The number of phenolic OH excluding ortho intramolecular Hbond substituents is 1. The van der Waals surface area contributed by atoms with Crippen LogP contribution in [0.15, 0.2) is 35.1 Å². The smallest absolute Gasteiger partial charge is 0.248 e. The predicted molar refractivity (Wildman–Crippen MR) is 95.4 cm³/mol. The highest BCUT2D eigenvalue weighted by Gasteiger charge is 2.54. The molecule has 3 aliphatic rings. The first-order valence-electron chi connectivity index (χ1n) is 8.87. The number of phenols is 1. The second-order valence-electron chi connectivity index (χ2n) is 7.83. The van der Waals surface area contributed by atoms with Gasteiger partial charge < -0.3 is 26.2 Å². The lowest BCUT2D eigenvalue weighted by Gasteiger charge is -2.47. The zero-order valence-electron chi connectivity index (χ0n) is 14.8. The molecule has 1 saturated carbocycles. The molecule has 142 valence electrons. The Kier molecular flexibility index (Phi) is 3.65. The molecule has 0 aromatic heterocycles. The first-order chi connectivity index (χ1) is 12.6. The Bertz CT molecular complexity index is 942. The molecule has 0 aliphatic heterocycles. The van der Waals surface area contributed by atoms with Crippen molar-refractivity contribution in [3.63, 3.8) is 0 Å². The van der Waals surface area contributed by atoms with Crippen LogP contribution in [0.25, 0.3) is 5.76 Å². The van der Waals surface area contributed by atoms with Crippen molar-refractivity contribution in [1.29, 1.82) is 0 Å². The largest absolute Gasteiger partial charge is 0.512 e. The van der Waals surface area contributed by atoms with Gasteiger partial charge in [-0.3, -0.25) is 9.59 Å². The number of amides is 1. The number of carbonyl (C=O) groups is 2. The first kappa shape index (κ1) is 17.6. The number of benzene rings is 1. The quantitative estimate of drug-likeness (QED) is 0.510. The molecule has 2 unspecified atom stereocenters. The fourth-order valence-corrected chi connectivity index (χ4v) is 4.93. The number of Topliss-reactive ketones (excluding diaryl/α,β-unsaturated/α-hetero) is 1. The van der Waals surface area contributed by atoms with Gasteiger partial charge in [-0.15, -0.1) is 0 Å². The number of allylic oxidation sites excluding steroid dienone is 1. The molecule has 7 nitrogen and oxygen atoms in total. The highest BCUT2D eigenvalue weighted by molar-refractivity contribution is 6.07. The summed E-state index contributed by atoms with van der Waals surface area (Å²) in [7, 11) is 0. The van der Waals surface area contributed by atoms with Gasteiger partial charge in [-0.2, -0.15) is 0 Å². The number of fused-ring (bicyclic) bond motifs is 3. The maximum atomic E-state index is 13.2. The fraction of sp³-hybridized carbons (Fsp3) is 0.400. The molecule has 0 heterocycles. The molecule has 1 aromatic carbocycles. The lowest BCUT2D eigenvalue weighted by molar-refractivity contribution is -0.128. The molecule has 0 saturated heterocycles. The monoisotopic (exact) mass is 371 g/mol. The summed E-state index contributed by atoms with van der Waals surface area (Å²) in [5, 5.41) is 42.4. The summed E-state index contributed by atoms with van der Waals surface area (Å²) in [5.74, 6) is -3.36. The van der Waals surface area contributed by atoms with E-state index < -0.39 is 23.3 Å². The zero-order valence-corrected chi connectivity index (χ0v) is 14.8. The third-order valence-corrected chi connectivity index (χ3v) is 6.34. The van der Waals surface area contributed by atoms with E-state index in [2.05, 4.69) is 0 Å². The van der Waals surface area contributed by atoms with Gasteiger partial charge in [0.2, 0.25) is 5.91 Å². The van der Waals surface area contributed by atoms with E-state index in [0.717, 1.165) is 0 Å². The zero-order chi connectivity index (χ0) is 19.7. The second-order valence-corrected chi connectivity index (χ2v) is 7.83. The van der Waals surface area contributed by atoms with Crippen LogP contribution in [0.1, 0.15) is 37.3 Å². The molecule has 0 spiro atoms. The Hall–Kier alpha value is -2.80. The minimum Gasteiger partial charge on any atom is -0.512 e. The summed E-state index contributed by atoms with van der Waals surface area (Å²) in [6.07, 6.45) is 0.486. The number of aliphatic hydroxyl groups excluding tert-OH is 2. The lowest BCUT2D eigenvalue weighted by Crippen LogP contribution is -2.48. The third-order valence-electron chi connectivity index (χ3n) is 6.34. The normalized spacial score (nSPS) is 32.7. The summed E-state index contributed by atoms with van der Waals surface area (Å²) >= 11 is 0. The number of aliphatic hydroxyl groups is 3. The number of nitrogens with two attached hydrogens (primary N) is 1. The molecule has 6 N–H and O–H groups in total. The van der Waals surface area contributed by atoms with Crippen LogP contribution in [0, 0.1) is 17.8 Å². The van der Waals surface area contributed by atoms with E-state index >= 15 is 0 Å². The highest BCUT2D eigenvalue weighted by atomic mass is 16.3. The van der Waals surface area contributed by atoms with Gasteiger partial charge in [0.15, 0.2) is 5.78 Å². The highest BCUT2D eigenvalue weighted by Crippen LogP contribution is 2.55. The van der Waals surface area contributed by atoms with Gasteiger partial charge in [0.05, 0.1) is 16.7 Å². The number of carbonyl (C=O) groups excluding carboxylic acids is 2. The van der Waals surface area contributed by atoms with E-state index in [9.17, 15) is 30.0 Å². The summed E-state index contributed by atoms with van der Waals surface area (Å²) < 4.78 is 0. The maximum absolute atomic E-state index is 13.2. The van der Waals surface area contributed by atoms with Crippen LogP contribution in [0.3, 0.4) is 0 Å². The molecule has 4 rings (SSSR count). The van der Waals surface area contributed by atoms with Gasteiger partial charge in [0, 0.05) is 23.8 Å². The van der Waals surface area contributed by atoms with Gasteiger partial charge >= 0.3 is 0 Å². The number of hydrogen-bond acceptors (Lipinski definition) is 6. The average molecular weight is 371 g/mol. The maximum Gasteiger partial charge on any atom is 0.248 e. The Labute approximate surface area is 155 Å². The standard InChI is InChI=1S/C20H21NO6/c1-20(27)11-3-2-4-13(22)15(11)18(25)16-12(20)5-8-6-14(23)10(19(21)26)7-9(8)17(16)24/h2-4,8-9,12,22-23,25,27H,5-7H2,1H3,(H2,21,26)/t8?,9?,12-,20+/m0/s1. The van der Waals surface area contributed by atoms with Crippen LogP contribution in [0.4, 0.5) is 0 Å². The van der Waals surface area contributed by atoms with E-state index in [0.29, 0.717) is 12.0 Å². The van der Waals surface area contributed by atoms with Crippen LogP contribution >= 0.6 is 0 Å². The van der Waals surface area contributed by atoms with E-state index in [4.69, 9.17) is 5.73 Å². The van der Waals surface area contributed by atoms with Crippen LogP contribution in [-0.4, -0.2) is 32.1 Å². The molecule has 0 radical (unpaired) electrons. The second kappa shape index (κ2) is 5.60. The molecular formula is C20H21NO6. The number of ketones is 1. The topological polar surface area (TPSA) is 141 Å². The molecular weight excluding hydrogens is 350 g/mol. The van der Waals surface area contributed by atoms with Crippen LogP contribution in [-0.2, 0) is 15.2 Å². The summed E-state index contributed by atoms with van der Waals surface area (Å²) in [6.45, 7) is 1.56. The first-order valence-corrected chi connectivity index (χ1v) is 8.87. The molecule has 27 heavy (non-hydrogen) atoms. The van der Waals surface area contributed by atoms with E-state index in [-0.39, 0.29) is 58.5 Å². The van der Waals surface area contributed by atoms with E-state index in [1.54, 1.807) is 19.1 Å². The van der Waals surface area contributed by atoms with Crippen LogP contribution in [0.5, 0.6) is 5.75 Å². The minimum absolute atomic E-state index is 0.00391. The van der Waals surface area contributed by atoms with Gasteiger partial charge in [0.25, 0.3) is 0 Å². The number of hydrogen-bond donors (Lipinski definition) is 5. The molecule has 1 aromatic rings. The van der Waals surface area contributed by atoms with E-state index in [1.165, 1.54) is 6.07 Å². The van der Waals surface area contributed by atoms with Crippen molar-refractivity contribution in [2.24, 2.45) is 23.5 Å². The Morgan fingerprint density at radius 1 is 1.22 bits per heavy atom. The minimum atomic E-state index is -1.47. The summed E-state index contributed by atoms with van der Waals surface area (Å²) in [5.41, 5.74) is 4.36. The van der Waals surface area contributed by atoms with Crippen molar-refractivity contribution in [1.82, 2.24) is 0 Å². The van der Waals surface area contributed by atoms with Crippen molar-refractivity contribution in [2.45, 2.75) is 31.8 Å². The Morgan fingerprint density at radius 3 is 2.59 bits per heavy atom. The van der Waals surface area contributed by atoms with Gasteiger partial charge in [-0.05, 0) is 37.3 Å².